The van der Waals surface area contributed by atoms with Gasteiger partial charge in [0.05, 0.1) is 25.0 Å². The second kappa shape index (κ2) is 5.88. The first-order chi connectivity index (χ1) is 7.19. The summed E-state index contributed by atoms with van der Waals surface area (Å²) >= 11 is 5.80. The zero-order valence-corrected chi connectivity index (χ0v) is 10.0. The predicted molar refractivity (Wildman–Crippen MR) is 61.4 cm³/mol. The van der Waals surface area contributed by atoms with Crippen LogP contribution in [0.25, 0.3) is 0 Å². The van der Waals surface area contributed by atoms with Crippen LogP contribution in [0.15, 0.2) is 12.4 Å². The summed E-state index contributed by atoms with van der Waals surface area (Å²) in [5.41, 5.74) is 0. The molecule has 0 aliphatic heterocycles. The van der Waals surface area contributed by atoms with Crippen LogP contribution < -0.4 is 4.90 Å². The molecule has 0 spiro atoms. The van der Waals surface area contributed by atoms with Crippen molar-refractivity contribution in [2.75, 3.05) is 25.2 Å². The Morgan fingerprint density at radius 2 is 2.27 bits per heavy atom. The molecule has 1 atom stereocenters. The van der Waals surface area contributed by atoms with Gasteiger partial charge in [-0.25, -0.2) is 4.98 Å². The molecule has 1 rings (SSSR count). The summed E-state index contributed by atoms with van der Waals surface area (Å²) in [6.45, 7) is 5.64. The van der Waals surface area contributed by atoms with E-state index in [2.05, 4.69) is 28.7 Å². The van der Waals surface area contributed by atoms with Gasteiger partial charge in [0.1, 0.15) is 11.0 Å². The van der Waals surface area contributed by atoms with E-state index in [1.54, 1.807) is 13.3 Å². The first-order valence-electron chi connectivity index (χ1n) is 4.92. The van der Waals surface area contributed by atoms with E-state index < -0.39 is 0 Å². The maximum Gasteiger partial charge on any atom is 0.149 e. The number of ether oxygens (including phenoxy) is 1. The summed E-state index contributed by atoms with van der Waals surface area (Å²) in [6.07, 6.45) is 3.24. The van der Waals surface area contributed by atoms with Crippen LogP contribution in [-0.2, 0) is 4.74 Å². The highest BCUT2D eigenvalue weighted by Crippen LogP contribution is 2.15. The van der Waals surface area contributed by atoms with Crippen LogP contribution in [0, 0.1) is 0 Å². The molecule has 5 heteroatoms. The van der Waals surface area contributed by atoms with E-state index >= 15 is 0 Å². The molecule has 0 aliphatic rings. The molecule has 0 saturated heterocycles. The van der Waals surface area contributed by atoms with Crippen LogP contribution in [0.3, 0.4) is 0 Å². The van der Waals surface area contributed by atoms with Crippen molar-refractivity contribution in [3.8, 4) is 0 Å². The molecule has 0 aliphatic carbocycles. The monoisotopic (exact) mass is 229 g/mol. The SMILES string of the molecule is CCN(c1cncc(Cl)n1)C(C)COC. The number of rotatable bonds is 5. The molecule has 84 valence electrons. The summed E-state index contributed by atoms with van der Waals surface area (Å²) in [6, 6.07) is 0.257. The van der Waals surface area contributed by atoms with Gasteiger partial charge in [-0.15, -0.1) is 0 Å². The number of nitrogens with zero attached hydrogens (tertiary/aromatic N) is 3. The van der Waals surface area contributed by atoms with Gasteiger partial charge in [-0.05, 0) is 13.8 Å². The highest BCUT2D eigenvalue weighted by atomic mass is 35.5. The third-order valence-electron chi connectivity index (χ3n) is 2.17. The quantitative estimate of drug-likeness (QED) is 0.774. The molecule has 0 aromatic carbocycles. The van der Waals surface area contributed by atoms with E-state index in [0.29, 0.717) is 11.8 Å². The number of likely N-dealkylation sites (N-methyl/N-ethyl adjacent to an activating group) is 1. The Morgan fingerprint density at radius 3 is 2.80 bits per heavy atom. The third-order valence-corrected chi connectivity index (χ3v) is 2.35. The first kappa shape index (κ1) is 12.2. The van der Waals surface area contributed by atoms with Gasteiger partial charge in [0.2, 0.25) is 0 Å². The minimum absolute atomic E-state index is 0.257. The van der Waals surface area contributed by atoms with E-state index in [4.69, 9.17) is 16.3 Å². The number of hydrogen-bond donors (Lipinski definition) is 0. The summed E-state index contributed by atoms with van der Waals surface area (Å²) in [5.74, 6) is 0.787. The molecule has 1 unspecified atom stereocenters. The lowest BCUT2D eigenvalue weighted by molar-refractivity contribution is 0.181. The standard InChI is InChI=1S/C10H16ClN3O/c1-4-14(8(2)7-15-3)10-6-12-5-9(11)13-10/h5-6,8H,4,7H2,1-3H3. The van der Waals surface area contributed by atoms with Crippen molar-refractivity contribution < 1.29 is 4.74 Å². The minimum atomic E-state index is 0.257. The van der Waals surface area contributed by atoms with E-state index in [0.717, 1.165) is 12.4 Å². The summed E-state index contributed by atoms with van der Waals surface area (Å²) in [5, 5.41) is 0.413. The van der Waals surface area contributed by atoms with Crippen molar-refractivity contribution in [2.45, 2.75) is 19.9 Å². The lowest BCUT2D eigenvalue weighted by Gasteiger charge is -2.28. The highest BCUT2D eigenvalue weighted by molar-refractivity contribution is 6.29. The average molecular weight is 230 g/mol. The molecule has 1 heterocycles. The fraction of sp³-hybridized carbons (Fsp3) is 0.600. The molecule has 4 nitrogen and oxygen atoms in total. The van der Waals surface area contributed by atoms with Crippen molar-refractivity contribution in [1.29, 1.82) is 0 Å². The molecule has 0 fully saturated rings. The van der Waals surface area contributed by atoms with Crippen LogP contribution in [-0.4, -0.2) is 36.3 Å². The van der Waals surface area contributed by atoms with Gasteiger partial charge >= 0.3 is 0 Å². The van der Waals surface area contributed by atoms with Gasteiger partial charge in [-0.3, -0.25) is 4.98 Å². The minimum Gasteiger partial charge on any atom is -0.383 e. The maximum absolute atomic E-state index is 5.80. The van der Waals surface area contributed by atoms with E-state index in [1.165, 1.54) is 6.20 Å². The lowest BCUT2D eigenvalue weighted by Crippen LogP contribution is -2.36. The van der Waals surface area contributed by atoms with Gasteiger partial charge in [0.25, 0.3) is 0 Å². The largest absolute Gasteiger partial charge is 0.383 e. The Kier molecular flexibility index (Phi) is 4.78. The Balaban J connectivity index is 2.82. The molecule has 1 aromatic rings. The fourth-order valence-corrected chi connectivity index (χ4v) is 1.64. The topological polar surface area (TPSA) is 38.2 Å². The van der Waals surface area contributed by atoms with E-state index in [9.17, 15) is 0 Å². The first-order valence-corrected chi connectivity index (χ1v) is 5.30. The van der Waals surface area contributed by atoms with Gasteiger partial charge < -0.3 is 9.64 Å². The normalized spacial score (nSPS) is 12.5. The van der Waals surface area contributed by atoms with Gasteiger partial charge in [0, 0.05) is 13.7 Å². The molecule has 0 amide bonds. The molecule has 0 bridgehead atoms. The maximum atomic E-state index is 5.80. The number of aromatic nitrogens is 2. The molecular weight excluding hydrogens is 214 g/mol. The number of hydrogen-bond acceptors (Lipinski definition) is 4. The Morgan fingerprint density at radius 1 is 1.53 bits per heavy atom. The lowest BCUT2D eigenvalue weighted by atomic mass is 10.3. The van der Waals surface area contributed by atoms with E-state index in [1.807, 2.05) is 0 Å². The second-order valence-electron chi connectivity index (χ2n) is 3.29. The van der Waals surface area contributed by atoms with Crippen molar-refractivity contribution in [2.24, 2.45) is 0 Å². The van der Waals surface area contributed by atoms with Crippen molar-refractivity contribution >= 4 is 17.4 Å². The zero-order valence-electron chi connectivity index (χ0n) is 9.27. The Hall–Kier alpha value is -0.870. The smallest absolute Gasteiger partial charge is 0.149 e. The van der Waals surface area contributed by atoms with Crippen LogP contribution >= 0.6 is 11.6 Å². The number of anilines is 1. The van der Waals surface area contributed by atoms with Crippen molar-refractivity contribution in [3.05, 3.63) is 17.5 Å². The molecule has 1 aromatic heterocycles. The Bertz CT molecular complexity index is 308. The highest BCUT2D eigenvalue weighted by Gasteiger charge is 2.14. The van der Waals surface area contributed by atoms with E-state index in [-0.39, 0.29) is 6.04 Å². The fourth-order valence-electron chi connectivity index (χ4n) is 1.50. The van der Waals surface area contributed by atoms with Crippen LogP contribution in [0.1, 0.15) is 13.8 Å². The molecular formula is C10H16ClN3O. The summed E-state index contributed by atoms with van der Waals surface area (Å²) < 4.78 is 5.12. The molecule has 0 saturated carbocycles. The predicted octanol–water partition coefficient (Wildman–Crippen LogP) is 1.99. The van der Waals surface area contributed by atoms with Crippen LogP contribution in [0.5, 0.6) is 0 Å². The molecule has 15 heavy (non-hydrogen) atoms. The number of halogens is 1. The van der Waals surface area contributed by atoms with Crippen molar-refractivity contribution in [3.63, 3.8) is 0 Å². The third kappa shape index (κ3) is 3.32. The van der Waals surface area contributed by atoms with Gasteiger partial charge in [-0.1, -0.05) is 11.6 Å². The van der Waals surface area contributed by atoms with Crippen LogP contribution in [0.2, 0.25) is 5.15 Å². The van der Waals surface area contributed by atoms with Gasteiger partial charge in [-0.2, -0.15) is 0 Å². The summed E-state index contributed by atoms with van der Waals surface area (Å²) in [4.78, 5) is 10.3. The molecule has 0 N–H and O–H groups in total. The van der Waals surface area contributed by atoms with Crippen LogP contribution in [0.4, 0.5) is 5.82 Å². The molecule has 0 radical (unpaired) electrons. The second-order valence-corrected chi connectivity index (χ2v) is 3.68. The van der Waals surface area contributed by atoms with Crippen molar-refractivity contribution in [1.82, 2.24) is 9.97 Å². The zero-order chi connectivity index (χ0) is 11.3. The summed E-state index contributed by atoms with van der Waals surface area (Å²) in [7, 11) is 1.69. The number of methoxy groups -OCH3 is 1. The average Bonchev–Trinajstić information content (AvgIpc) is 2.19. The van der Waals surface area contributed by atoms with Gasteiger partial charge in [0.15, 0.2) is 0 Å². The Labute approximate surface area is 95.2 Å².